The van der Waals surface area contributed by atoms with Gasteiger partial charge < -0.3 is 15.0 Å². The molecule has 0 bridgehead atoms. The molecule has 2 heterocycles. The third-order valence-electron chi connectivity index (χ3n) is 6.41. The molecule has 0 atom stereocenters. The summed E-state index contributed by atoms with van der Waals surface area (Å²) in [6.45, 7) is 2.06. The summed E-state index contributed by atoms with van der Waals surface area (Å²) < 4.78 is 47.3. The van der Waals surface area contributed by atoms with E-state index in [-0.39, 0.29) is 40.9 Å². The first-order valence-electron chi connectivity index (χ1n) is 11.8. The molecule has 0 spiro atoms. The summed E-state index contributed by atoms with van der Waals surface area (Å²) in [7, 11) is 5.00. The quantitative estimate of drug-likeness (QED) is 0.456. The lowest BCUT2D eigenvalue weighted by atomic mass is 9.94. The van der Waals surface area contributed by atoms with E-state index in [4.69, 9.17) is 10.3 Å². The molecular formula is C25H30F3N7O2. The molecule has 198 valence electrons. The summed E-state index contributed by atoms with van der Waals surface area (Å²) in [6.07, 6.45) is -2.33. The molecule has 1 aromatic heterocycles. The number of nitrogens with one attached hydrogen (secondary N) is 2. The zero-order valence-electron chi connectivity index (χ0n) is 21.0. The first-order chi connectivity index (χ1) is 17.6. The van der Waals surface area contributed by atoms with E-state index < -0.39 is 11.7 Å². The maximum absolute atomic E-state index is 13.9. The minimum absolute atomic E-state index is 0.0138. The number of alkyl halides is 3. The van der Waals surface area contributed by atoms with Crippen LogP contribution in [0.1, 0.15) is 30.5 Å². The average molecular weight is 518 g/mol. The van der Waals surface area contributed by atoms with Crippen LogP contribution in [0, 0.1) is 22.8 Å². The number of hydrogen-bond acceptors (Lipinski definition) is 8. The van der Waals surface area contributed by atoms with Crippen molar-refractivity contribution in [2.24, 2.45) is 11.0 Å². The Morgan fingerprint density at radius 1 is 1.32 bits per heavy atom. The number of piperidine rings is 1. The Bertz CT molecular complexity index is 1170. The summed E-state index contributed by atoms with van der Waals surface area (Å²) in [5.41, 5.74) is 6.78. The summed E-state index contributed by atoms with van der Waals surface area (Å²) in [5.74, 6) is 0.0970. The van der Waals surface area contributed by atoms with Crippen molar-refractivity contribution in [1.82, 2.24) is 14.8 Å². The highest BCUT2D eigenvalue weighted by Gasteiger charge is 2.35. The predicted molar refractivity (Wildman–Crippen MR) is 132 cm³/mol. The van der Waals surface area contributed by atoms with Gasteiger partial charge in [0.05, 0.1) is 30.1 Å². The summed E-state index contributed by atoms with van der Waals surface area (Å²) in [6, 6.07) is 6.96. The van der Waals surface area contributed by atoms with Crippen molar-refractivity contribution in [2.45, 2.75) is 25.4 Å². The molecule has 12 heteroatoms. The molecule has 1 amide bonds. The zero-order valence-corrected chi connectivity index (χ0v) is 21.0. The van der Waals surface area contributed by atoms with Crippen LogP contribution in [0.2, 0.25) is 0 Å². The van der Waals surface area contributed by atoms with E-state index in [9.17, 15) is 23.2 Å². The first kappa shape index (κ1) is 27.9. The zero-order chi connectivity index (χ0) is 27.2. The molecule has 3 rings (SSSR count). The standard InChI is InChI=1S/C25H30F3N7O2/c1-31-20-13-19(32-21(14-29)24(20)33-30)17-4-5-22(18(12-17)25(26,27)28)37-11-8-16-6-9-35(10-7-16)15-23(36)34(2)3/h4-5,12-13,16,30H,6-11,15H2,1-3H3,(H,31,32). The number of carbonyl (C=O) groups excluding carboxylic acids is 1. The maximum Gasteiger partial charge on any atom is 0.419 e. The smallest absolute Gasteiger partial charge is 0.419 e. The van der Waals surface area contributed by atoms with Gasteiger partial charge in [0.2, 0.25) is 5.91 Å². The number of rotatable bonds is 9. The minimum atomic E-state index is -4.66. The summed E-state index contributed by atoms with van der Waals surface area (Å²) in [5, 5.41) is 15.4. The van der Waals surface area contributed by atoms with Gasteiger partial charge in [-0.1, -0.05) is 0 Å². The molecule has 2 aromatic rings. The van der Waals surface area contributed by atoms with Crippen LogP contribution in [0.3, 0.4) is 0 Å². The predicted octanol–water partition coefficient (Wildman–Crippen LogP) is 4.91. The Labute approximate surface area is 213 Å². The minimum Gasteiger partial charge on any atom is -0.493 e. The van der Waals surface area contributed by atoms with E-state index in [2.05, 4.69) is 20.3 Å². The first-order valence-corrected chi connectivity index (χ1v) is 11.8. The number of likely N-dealkylation sites (N-methyl/N-ethyl adjacent to an activating group) is 1. The van der Waals surface area contributed by atoms with Gasteiger partial charge in [-0.3, -0.25) is 9.69 Å². The number of nitriles is 1. The molecule has 1 aliphatic rings. The molecule has 9 nitrogen and oxygen atoms in total. The normalized spacial score (nSPS) is 14.6. The third-order valence-corrected chi connectivity index (χ3v) is 6.41. The van der Waals surface area contributed by atoms with Crippen molar-refractivity contribution in [3.8, 4) is 23.1 Å². The largest absolute Gasteiger partial charge is 0.493 e. The molecule has 37 heavy (non-hydrogen) atoms. The van der Waals surface area contributed by atoms with Gasteiger partial charge in [0.15, 0.2) is 5.69 Å². The van der Waals surface area contributed by atoms with E-state index in [0.717, 1.165) is 32.0 Å². The second kappa shape index (κ2) is 12.0. The van der Waals surface area contributed by atoms with Crippen molar-refractivity contribution in [3.05, 3.63) is 35.5 Å². The van der Waals surface area contributed by atoms with Gasteiger partial charge in [-0.2, -0.15) is 23.5 Å². The van der Waals surface area contributed by atoms with Crippen LogP contribution in [0.25, 0.3) is 11.3 Å². The average Bonchev–Trinajstić information content (AvgIpc) is 2.88. The second-order valence-electron chi connectivity index (χ2n) is 9.08. The van der Waals surface area contributed by atoms with Gasteiger partial charge >= 0.3 is 6.18 Å². The summed E-state index contributed by atoms with van der Waals surface area (Å²) in [4.78, 5) is 19.6. The molecule has 1 aromatic carbocycles. The number of amides is 1. The number of carbonyl (C=O) groups is 1. The number of aromatic nitrogens is 1. The topological polar surface area (TPSA) is 118 Å². The lowest BCUT2D eigenvalue weighted by molar-refractivity contribution is -0.139. The fourth-order valence-electron chi connectivity index (χ4n) is 4.21. The molecule has 1 aliphatic heterocycles. The van der Waals surface area contributed by atoms with Gasteiger partial charge in [-0.05, 0) is 62.5 Å². The van der Waals surface area contributed by atoms with Crippen molar-refractivity contribution in [2.75, 3.05) is 52.7 Å². The fourth-order valence-corrected chi connectivity index (χ4v) is 4.21. The number of ether oxygens (including phenoxy) is 1. The Kier molecular flexibility index (Phi) is 9.04. The van der Waals surface area contributed by atoms with Crippen molar-refractivity contribution in [1.29, 1.82) is 10.8 Å². The van der Waals surface area contributed by atoms with Crippen LogP contribution < -0.4 is 10.1 Å². The van der Waals surface area contributed by atoms with Crippen LogP contribution in [0.5, 0.6) is 5.75 Å². The van der Waals surface area contributed by atoms with E-state index in [0.29, 0.717) is 24.6 Å². The Morgan fingerprint density at radius 3 is 2.59 bits per heavy atom. The number of nitrogens with zero attached hydrogens (tertiary/aromatic N) is 5. The van der Waals surface area contributed by atoms with Crippen LogP contribution in [-0.4, -0.2) is 68.1 Å². The molecule has 0 aliphatic carbocycles. The summed E-state index contributed by atoms with van der Waals surface area (Å²) >= 11 is 0. The lowest BCUT2D eigenvalue weighted by Gasteiger charge is -2.32. The highest BCUT2D eigenvalue weighted by molar-refractivity contribution is 5.78. The van der Waals surface area contributed by atoms with E-state index in [1.165, 1.54) is 18.2 Å². The van der Waals surface area contributed by atoms with Gasteiger partial charge in [0.25, 0.3) is 0 Å². The number of halogens is 3. The molecular weight excluding hydrogens is 487 g/mol. The molecule has 1 fully saturated rings. The lowest BCUT2D eigenvalue weighted by Crippen LogP contribution is -2.41. The van der Waals surface area contributed by atoms with Gasteiger partial charge in [-0.25, -0.2) is 10.5 Å². The molecule has 0 radical (unpaired) electrons. The van der Waals surface area contributed by atoms with Crippen molar-refractivity contribution in [3.63, 3.8) is 0 Å². The number of hydrogen-bond donors (Lipinski definition) is 2. The van der Waals surface area contributed by atoms with Gasteiger partial charge in [-0.15, -0.1) is 0 Å². The van der Waals surface area contributed by atoms with Crippen LogP contribution >= 0.6 is 0 Å². The number of benzene rings is 1. The Hall–Kier alpha value is -3.72. The third kappa shape index (κ3) is 6.95. The Morgan fingerprint density at radius 2 is 2.03 bits per heavy atom. The number of pyridine rings is 1. The highest BCUT2D eigenvalue weighted by atomic mass is 19.4. The maximum atomic E-state index is 13.9. The second-order valence-corrected chi connectivity index (χ2v) is 9.08. The molecule has 2 N–H and O–H groups in total. The van der Waals surface area contributed by atoms with E-state index >= 15 is 0 Å². The Balaban J connectivity index is 1.70. The van der Waals surface area contributed by atoms with Gasteiger partial charge in [0, 0.05) is 26.7 Å². The van der Waals surface area contributed by atoms with Crippen LogP contribution in [0.15, 0.2) is 29.4 Å². The molecule has 1 saturated heterocycles. The number of likely N-dealkylation sites (tertiary alicyclic amines) is 1. The van der Waals surface area contributed by atoms with E-state index in [1.807, 2.05) is 6.07 Å². The molecule has 0 saturated carbocycles. The van der Waals surface area contributed by atoms with E-state index in [1.54, 1.807) is 26.0 Å². The van der Waals surface area contributed by atoms with Gasteiger partial charge in [0.1, 0.15) is 17.5 Å². The number of anilines is 1. The van der Waals surface area contributed by atoms with Crippen LogP contribution in [0.4, 0.5) is 24.5 Å². The molecule has 0 unspecified atom stereocenters. The van der Waals surface area contributed by atoms with Crippen molar-refractivity contribution < 1.29 is 22.7 Å². The monoisotopic (exact) mass is 517 g/mol. The van der Waals surface area contributed by atoms with Crippen LogP contribution in [-0.2, 0) is 11.0 Å². The fraction of sp³-hybridized carbons (Fsp3) is 0.480. The van der Waals surface area contributed by atoms with Crippen molar-refractivity contribution >= 4 is 17.3 Å². The SMILES string of the molecule is CNc1cc(-c2ccc(OCCC3CCN(CC(=O)N(C)C)CC3)c(C(F)(F)F)c2)nc(C#N)c1N=N. The highest BCUT2D eigenvalue weighted by Crippen LogP contribution is 2.40.